The van der Waals surface area contributed by atoms with Crippen LogP contribution >= 0.6 is 0 Å². The molecule has 26 heavy (non-hydrogen) atoms. The van der Waals surface area contributed by atoms with Crippen molar-refractivity contribution < 1.29 is 9.18 Å². The number of nitrogens with zero attached hydrogens (tertiary/aromatic N) is 3. The van der Waals surface area contributed by atoms with E-state index in [2.05, 4.69) is 17.6 Å². The highest BCUT2D eigenvalue weighted by atomic mass is 19.1. The molecule has 0 bridgehead atoms. The summed E-state index contributed by atoms with van der Waals surface area (Å²) in [5.41, 5.74) is 2.71. The SMILES string of the molecule is CCCCn1c(C2CC(=O)N(c3cccc(F)c3)C2)nc2ccccc21. The average molecular weight is 351 g/mol. The Morgan fingerprint density at radius 2 is 2.04 bits per heavy atom. The number of carbonyl (C=O) groups is 1. The minimum atomic E-state index is -0.325. The van der Waals surface area contributed by atoms with E-state index in [1.165, 1.54) is 12.1 Å². The van der Waals surface area contributed by atoms with Crippen molar-refractivity contribution in [3.63, 3.8) is 0 Å². The molecular weight excluding hydrogens is 329 g/mol. The second kappa shape index (κ2) is 6.90. The predicted octanol–water partition coefficient (Wildman–Crippen LogP) is 4.50. The zero-order chi connectivity index (χ0) is 18.1. The second-order valence-corrected chi connectivity index (χ2v) is 6.85. The number of benzene rings is 2. The van der Waals surface area contributed by atoms with Crippen LogP contribution in [-0.2, 0) is 11.3 Å². The van der Waals surface area contributed by atoms with Gasteiger partial charge in [-0.05, 0) is 36.8 Å². The van der Waals surface area contributed by atoms with Crippen LogP contribution in [0.4, 0.5) is 10.1 Å². The lowest BCUT2D eigenvalue weighted by molar-refractivity contribution is -0.117. The van der Waals surface area contributed by atoms with Gasteiger partial charge in [-0.1, -0.05) is 31.5 Å². The number of anilines is 1. The van der Waals surface area contributed by atoms with Crippen molar-refractivity contribution in [2.24, 2.45) is 0 Å². The Labute approximate surface area is 152 Å². The van der Waals surface area contributed by atoms with E-state index in [1.54, 1.807) is 17.0 Å². The van der Waals surface area contributed by atoms with Gasteiger partial charge in [0.1, 0.15) is 11.6 Å². The van der Waals surface area contributed by atoms with Crippen molar-refractivity contribution in [2.75, 3.05) is 11.4 Å². The van der Waals surface area contributed by atoms with Crippen LogP contribution in [0.3, 0.4) is 0 Å². The number of halogens is 1. The zero-order valence-electron chi connectivity index (χ0n) is 14.9. The smallest absolute Gasteiger partial charge is 0.227 e. The molecular formula is C21H22FN3O. The Balaban J connectivity index is 1.68. The number of aromatic nitrogens is 2. The van der Waals surface area contributed by atoms with Crippen LogP contribution in [0.5, 0.6) is 0 Å². The van der Waals surface area contributed by atoms with Gasteiger partial charge in [-0.15, -0.1) is 0 Å². The molecule has 0 saturated carbocycles. The molecule has 1 fully saturated rings. The second-order valence-electron chi connectivity index (χ2n) is 6.85. The molecule has 1 amide bonds. The molecule has 0 radical (unpaired) electrons. The highest BCUT2D eigenvalue weighted by molar-refractivity contribution is 5.96. The Morgan fingerprint density at radius 1 is 1.19 bits per heavy atom. The van der Waals surface area contributed by atoms with Crippen molar-refractivity contribution >= 4 is 22.6 Å². The zero-order valence-corrected chi connectivity index (χ0v) is 14.9. The van der Waals surface area contributed by atoms with E-state index in [4.69, 9.17) is 4.98 Å². The summed E-state index contributed by atoms with van der Waals surface area (Å²) in [6, 6.07) is 14.3. The van der Waals surface area contributed by atoms with Crippen LogP contribution in [0.1, 0.15) is 37.9 Å². The topological polar surface area (TPSA) is 38.1 Å². The van der Waals surface area contributed by atoms with Crippen LogP contribution < -0.4 is 4.90 Å². The average Bonchev–Trinajstić information content (AvgIpc) is 3.20. The number of hydrogen-bond donors (Lipinski definition) is 0. The molecule has 1 aliphatic rings. The summed E-state index contributed by atoms with van der Waals surface area (Å²) in [6.07, 6.45) is 2.58. The molecule has 1 unspecified atom stereocenters. The molecule has 134 valence electrons. The standard InChI is InChI=1S/C21H22FN3O/c1-2-3-11-24-19-10-5-4-9-18(19)23-21(24)15-12-20(26)25(14-15)17-8-6-7-16(22)13-17/h4-10,13,15H,2-3,11-12,14H2,1H3. The van der Waals surface area contributed by atoms with Crippen molar-refractivity contribution in [1.29, 1.82) is 0 Å². The first-order valence-corrected chi connectivity index (χ1v) is 9.18. The van der Waals surface area contributed by atoms with Gasteiger partial charge in [0.25, 0.3) is 0 Å². The number of rotatable bonds is 5. The van der Waals surface area contributed by atoms with E-state index >= 15 is 0 Å². The summed E-state index contributed by atoms with van der Waals surface area (Å²) in [5, 5.41) is 0. The number of carbonyl (C=O) groups excluding carboxylic acids is 1. The summed E-state index contributed by atoms with van der Waals surface area (Å²) in [6.45, 7) is 3.61. The molecule has 1 aliphatic heterocycles. The molecule has 1 aromatic heterocycles. The molecule has 2 heterocycles. The fourth-order valence-electron chi connectivity index (χ4n) is 3.73. The van der Waals surface area contributed by atoms with E-state index in [-0.39, 0.29) is 17.6 Å². The fraction of sp³-hybridized carbons (Fsp3) is 0.333. The molecule has 2 aromatic carbocycles. The molecule has 0 aliphatic carbocycles. The van der Waals surface area contributed by atoms with E-state index in [1.807, 2.05) is 18.2 Å². The number of fused-ring (bicyclic) bond motifs is 1. The number of aryl methyl sites for hydroxylation is 1. The van der Waals surface area contributed by atoms with E-state index in [0.717, 1.165) is 36.2 Å². The molecule has 1 saturated heterocycles. The minimum Gasteiger partial charge on any atom is -0.328 e. The third-order valence-electron chi connectivity index (χ3n) is 5.03. The number of para-hydroxylation sites is 2. The summed E-state index contributed by atoms with van der Waals surface area (Å²) in [5.74, 6) is 0.686. The van der Waals surface area contributed by atoms with E-state index in [9.17, 15) is 9.18 Å². The molecule has 4 rings (SSSR count). The Bertz CT molecular complexity index is 949. The van der Waals surface area contributed by atoms with Gasteiger partial charge in [0.05, 0.1) is 11.0 Å². The minimum absolute atomic E-state index is 0.0229. The van der Waals surface area contributed by atoms with Gasteiger partial charge < -0.3 is 9.47 Å². The highest BCUT2D eigenvalue weighted by Gasteiger charge is 2.34. The van der Waals surface area contributed by atoms with E-state index in [0.29, 0.717) is 18.7 Å². The molecule has 0 spiro atoms. The van der Waals surface area contributed by atoms with Gasteiger partial charge in [-0.2, -0.15) is 0 Å². The number of amides is 1. The van der Waals surface area contributed by atoms with Gasteiger partial charge in [0.2, 0.25) is 5.91 Å². The lowest BCUT2D eigenvalue weighted by atomic mass is 10.1. The Kier molecular flexibility index (Phi) is 4.45. The number of hydrogen-bond acceptors (Lipinski definition) is 2. The van der Waals surface area contributed by atoms with Crippen molar-refractivity contribution in [3.05, 3.63) is 60.2 Å². The number of unbranched alkanes of at least 4 members (excludes halogenated alkanes) is 1. The summed E-state index contributed by atoms with van der Waals surface area (Å²) in [4.78, 5) is 19.1. The highest BCUT2D eigenvalue weighted by Crippen LogP contribution is 2.33. The third kappa shape index (κ3) is 2.98. The van der Waals surface area contributed by atoms with Crippen LogP contribution in [0.2, 0.25) is 0 Å². The van der Waals surface area contributed by atoms with Crippen LogP contribution in [-0.4, -0.2) is 22.0 Å². The first kappa shape index (κ1) is 16.8. The first-order valence-electron chi connectivity index (χ1n) is 9.18. The Hall–Kier alpha value is -2.69. The quantitative estimate of drug-likeness (QED) is 0.679. The summed E-state index contributed by atoms with van der Waals surface area (Å²) in [7, 11) is 0. The molecule has 1 atom stereocenters. The van der Waals surface area contributed by atoms with Crippen molar-refractivity contribution in [3.8, 4) is 0 Å². The van der Waals surface area contributed by atoms with E-state index < -0.39 is 0 Å². The molecule has 4 nitrogen and oxygen atoms in total. The fourth-order valence-corrected chi connectivity index (χ4v) is 3.73. The maximum atomic E-state index is 13.6. The molecule has 3 aromatic rings. The van der Waals surface area contributed by atoms with Gasteiger partial charge in [0, 0.05) is 31.1 Å². The largest absolute Gasteiger partial charge is 0.328 e. The summed E-state index contributed by atoms with van der Waals surface area (Å²) < 4.78 is 15.8. The molecule has 0 N–H and O–H groups in total. The summed E-state index contributed by atoms with van der Waals surface area (Å²) >= 11 is 0. The third-order valence-corrected chi connectivity index (χ3v) is 5.03. The lowest BCUT2D eigenvalue weighted by Gasteiger charge is -2.17. The van der Waals surface area contributed by atoms with Gasteiger partial charge in [-0.3, -0.25) is 4.79 Å². The maximum absolute atomic E-state index is 13.6. The molecule has 5 heteroatoms. The first-order chi connectivity index (χ1) is 12.7. The van der Waals surface area contributed by atoms with Crippen LogP contribution in [0, 0.1) is 5.82 Å². The monoisotopic (exact) mass is 351 g/mol. The lowest BCUT2D eigenvalue weighted by Crippen LogP contribution is -2.24. The van der Waals surface area contributed by atoms with Crippen LogP contribution in [0.15, 0.2) is 48.5 Å². The van der Waals surface area contributed by atoms with Gasteiger partial charge >= 0.3 is 0 Å². The van der Waals surface area contributed by atoms with Crippen molar-refractivity contribution in [1.82, 2.24) is 9.55 Å². The van der Waals surface area contributed by atoms with Gasteiger partial charge in [0.15, 0.2) is 0 Å². The number of imidazole rings is 1. The predicted molar refractivity (Wildman–Crippen MR) is 101 cm³/mol. The Morgan fingerprint density at radius 3 is 2.85 bits per heavy atom. The van der Waals surface area contributed by atoms with Crippen LogP contribution in [0.25, 0.3) is 11.0 Å². The van der Waals surface area contributed by atoms with Gasteiger partial charge in [-0.25, -0.2) is 9.37 Å². The normalized spacial score (nSPS) is 17.4. The maximum Gasteiger partial charge on any atom is 0.227 e. The van der Waals surface area contributed by atoms with Crippen molar-refractivity contribution in [2.45, 2.75) is 38.6 Å².